The lowest BCUT2D eigenvalue weighted by atomic mass is 10.0. The Morgan fingerprint density at radius 1 is 1.02 bits per heavy atom. The molecule has 0 aromatic heterocycles. The van der Waals surface area contributed by atoms with Crippen LogP contribution in [0.1, 0.15) is 74.5 Å². The zero-order valence-corrected chi connectivity index (χ0v) is 27.8. The van der Waals surface area contributed by atoms with E-state index in [1.807, 2.05) is 0 Å². The molecule has 3 heterocycles. The van der Waals surface area contributed by atoms with Crippen LogP contribution in [0, 0.1) is 18.7 Å². The van der Waals surface area contributed by atoms with Crippen molar-refractivity contribution in [2.45, 2.75) is 106 Å². The predicted octanol–water partition coefficient (Wildman–Crippen LogP) is 3.01. The summed E-state index contributed by atoms with van der Waals surface area (Å²) in [4.78, 5) is 57.3. The molecular weight excluding hydrogens is 641 g/mol. The summed E-state index contributed by atoms with van der Waals surface area (Å²) >= 11 is 0. The minimum absolute atomic E-state index is 0.0366. The molecule has 6 rings (SSSR count). The number of nitrogens with one attached hydrogen (secondary N) is 2. The van der Waals surface area contributed by atoms with E-state index >= 15 is 0 Å². The molecule has 0 radical (unpaired) electrons. The number of hydrogen-bond donors (Lipinski definition) is 3. The number of hydrogen-bond acceptors (Lipinski definition) is 8. The lowest BCUT2D eigenvalue weighted by Crippen LogP contribution is -2.57. The molecule has 3 fully saturated rings. The van der Waals surface area contributed by atoms with Crippen molar-refractivity contribution in [1.29, 1.82) is 0 Å². The Kier molecular flexibility index (Phi) is 9.49. The summed E-state index contributed by atoms with van der Waals surface area (Å²) in [6.07, 6.45) is 3.88. The van der Waals surface area contributed by atoms with Crippen LogP contribution >= 0.6 is 0 Å². The van der Waals surface area contributed by atoms with Gasteiger partial charge in [0.05, 0.1) is 24.0 Å². The highest BCUT2D eigenvalue weighted by Gasteiger charge is 2.62. The minimum Gasteiger partial charge on any atom is -0.444 e. The predicted molar refractivity (Wildman–Crippen MR) is 172 cm³/mol. The van der Waals surface area contributed by atoms with Crippen molar-refractivity contribution in [2.24, 2.45) is 11.7 Å². The largest absolute Gasteiger partial charge is 0.444 e. The third kappa shape index (κ3) is 6.77. The average molecular weight is 684 g/mol. The fourth-order valence-corrected chi connectivity index (χ4v) is 8.60. The quantitative estimate of drug-likeness (QED) is 0.442. The van der Waals surface area contributed by atoms with Crippen LogP contribution in [0.5, 0.6) is 0 Å². The Labute approximate surface area is 279 Å². The van der Waals surface area contributed by atoms with Gasteiger partial charge in [0.1, 0.15) is 23.5 Å². The number of benzene rings is 2. The van der Waals surface area contributed by atoms with Gasteiger partial charge in [-0.25, -0.2) is 22.3 Å². The van der Waals surface area contributed by atoms with Gasteiger partial charge in [-0.3, -0.25) is 19.3 Å². The molecule has 5 atom stereocenters. The van der Waals surface area contributed by atoms with Crippen LogP contribution < -0.4 is 15.8 Å². The highest BCUT2D eigenvalue weighted by molar-refractivity contribution is 7.90. The van der Waals surface area contributed by atoms with Gasteiger partial charge < -0.3 is 20.7 Å². The summed E-state index contributed by atoms with van der Waals surface area (Å²) in [5.41, 5.74) is 6.39. The first kappa shape index (κ1) is 33.8. The molecule has 2 aromatic rings. The second kappa shape index (κ2) is 13.5. The first-order valence-corrected chi connectivity index (χ1v) is 18.1. The van der Waals surface area contributed by atoms with Gasteiger partial charge in [-0.15, -0.1) is 0 Å². The van der Waals surface area contributed by atoms with Gasteiger partial charge in [-0.2, -0.15) is 0 Å². The maximum atomic E-state index is 14.3. The van der Waals surface area contributed by atoms with Crippen LogP contribution in [-0.4, -0.2) is 72.3 Å². The monoisotopic (exact) mass is 683 g/mol. The van der Waals surface area contributed by atoms with Gasteiger partial charge in [0.25, 0.3) is 15.9 Å². The second-order valence-corrected chi connectivity index (χ2v) is 15.1. The Balaban J connectivity index is 1.21. The van der Waals surface area contributed by atoms with Gasteiger partial charge >= 0.3 is 6.09 Å². The van der Waals surface area contributed by atoms with Crippen LogP contribution in [0.4, 0.5) is 9.18 Å². The van der Waals surface area contributed by atoms with E-state index in [2.05, 4.69) is 10.0 Å². The standard InChI is InChI=1S/C34H42FN5O7S/c1-21-10-7-8-15-29(21)48(45,46)38-32(43)34-17-23(34)12-5-3-2-4-6-14-27(36)31(42)40-19-24(16-28(40)30(41)37-34)47-33(44)39-18-22-11-9-13-26(35)25(22)20-39/h7-11,13,15,23-24,27-28H,2-6,12,14,16-20,36H2,1H3,(H,37,41)(H,38,43)/t23-,24-,27+,28+,34-/m1/s1. The number of halogens is 1. The fraction of sp³-hybridized carbons (Fsp3) is 0.529. The van der Waals surface area contributed by atoms with Gasteiger partial charge in [-0.05, 0) is 55.4 Å². The van der Waals surface area contributed by atoms with Crippen molar-refractivity contribution >= 4 is 33.8 Å². The molecule has 1 aliphatic carbocycles. The van der Waals surface area contributed by atoms with Gasteiger partial charge in [0.2, 0.25) is 11.8 Å². The van der Waals surface area contributed by atoms with E-state index in [1.165, 1.54) is 21.9 Å². The molecule has 258 valence electrons. The summed E-state index contributed by atoms with van der Waals surface area (Å²) < 4.78 is 48.8. The Bertz CT molecular complexity index is 1720. The molecule has 0 bridgehead atoms. The van der Waals surface area contributed by atoms with Crippen LogP contribution in [0.25, 0.3) is 0 Å². The van der Waals surface area contributed by atoms with Crippen LogP contribution in [-0.2, 0) is 42.2 Å². The molecule has 3 aliphatic heterocycles. The summed E-state index contributed by atoms with van der Waals surface area (Å²) in [6, 6.07) is 8.96. The summed E-state index contributed by atoms with van der Waals surface area (Å²) in [5.74, 6) is -2.64. The minimum atomic E-state index is -4.24. The summed E-state index contributed by atoms with van der Waals surface area (Å²) in [7, 11) is -4.24. The molecule has 4 aliphatic rings. The number of carbonyl (C=O) groups excluding carboxylic acids is 4. The van der Waals surface area contributed by atoms with E-state index in [-0.39, 0.29) is 43.3 Å². The van der Waals surface area contributed by atoms with Crippen LogP contribution in [0.2, 0.25) is 0 Å². The van der Waals surface area contributed by atoms with Crippen molar-refractivity contribution in [3.05, 3.63) is 65.0 Å². The normalized spacial score (nSPS) is 27.9. The third-order valence-corrected chi connectivity index (χ3v) is 11.6. The van der Waals surface area contributed by atoms with E-state index in [0.29, 0.717) is 29.5 Å². The highest BCUT2D eigenvalue weighted by atomic mass is 32.2. The zero-order valence-electron chi connectivity index (χ0n) is 27.0. The smallest absolute Gasteiger partial charge is 0.410 e. The topological polar surface area (TPSA) is 168 Å². The molecule has 0 spiro atoms. The number of aryl methyl sites for hydroxylation is 1. The zero-order chi connectivity index (χ0) is 34.2. The summed E-state index contributed by atoms with van der Waals surface area (Å²) in [5, 5.41) is 2.84. The molecular formula is C34H42FN5O7S. The maximum absolute atomic E-state index is 14.3. The van der Waals surface area contributed by atoms with Crippen LogP contribution in [0.15, 0.2) is 47.4 Å². The first-order chi connectivity index (χ1) is 22.9. The molecule has 12 nitrogen and oxygen atoms in total. The SMILES string of the molecule is Cc1ccccc1S(=O)(=O)NC(=O)[C@@]12C[C@H]1CCCCCCC[C@H](N)C(=O)N1C[C@H](OC(=O)N3Cc4cccc(F)c4C3)C[C@H]1C(=O)N2. The Morgan fingerprint density at radius 3 is 2.50 bits per heavy atom. The Hall–Kier alpha value is -4.04. The number of nitrogens with zero attached hydrogens (tertiary/aromatic N) is 2. The Morgan fingerprint density at radius 2 is 1.75 bits per heavy atom. The van der Waals surface area contributed by atoms with E-state index in [4.69, 9.17) is 10.5 Å². The average Bonchev–Trinajstić information content (AvgIpc) is 3.34. The van der Waals surface area contributed by atoms with E-state index < -0.39 is 63.4 Å². The second-order valence-electron chi connectivity index (χ2n) is 13.5. The molecule has 14 heteroatoms. The first-order valence-electron chi connectivity index (χ1n) is 16.6. The number of ether oxygens (including phenoxy) is 1. The molecule has 2 aromatic carbocycles. The third-order valence-electron chi connectivity index (χ3n) is 10.2. The number of carbonyl (C=O) groups is 4. The molecule has 0 unspecified atom stereocenters. The lowest BCUT2D eigenvalue weighted by molar-refractivity contribution is -0.140. The summed E-state index contributed by atoms with van der Waals surface area (Å²) in [6.45, 7) is 1.75. The van der Waals surface area contributed by atoms with Crippen molar-refractivity contribution in [3.63, 3.8) is 0 Å². The van der Waals surface area contributed by atoms with E-state index in [1.54, 1.807) is 37.3 Å². The van der Waals surface area contributed by atoms with Gasteiger partial charge in [-0.1, -0.05) is 62.4 Å². The van der Waals surface area contributed by atoms with Crippen molar-refractivity contribution in [3.8, 4) is 0 Å². The van der Waals surface area contributed by atoms with Crippen LogP contribution in [0.3, 0.4) is 0 Å². The number of nitrogens with two attached hydrogens (primary N) is 1. The molecule has 4 N–H and O–H groups in total. The fourth-order valence-electron chi connectivity index (χ4n) is 7.32. The van der Waals surface area contributed by atoms with Crippen molar-refractivity contribution in [2.75, 3.05) is 6.54 Å². The number of amides is 4. The van der Waals surface area contributed by atoms with Crippen molar-refractivity contribution < 1.29 is 36.7 Å². The molecule has 1 saturated carbocycles. The molecule has 48 heavy (non-hydrogen) atoms. The number of fused-ring (bicyclic) bond motifs is 3. The van der Waals surface area contributed by atoms with E-state index in [0.717, 1.165) is 32.1 Å². The molecule has 2 saturated heterocycles. The maximum Gasteiger partial charge on any atom is 0.410 e. The van der Waals surface area contributed by atoms with Gasteiger partial charge in [0, 0.05) is 18.5 Å². The van der Waals surface area contributed by atoms with E-state index in [9.17, 15) is 32.0 Å². The molecule has 4 amide bonds. The van der Waals surface area contributed by atoms with Gasteiger partial charge in [0.15, 0.2) is 0 Å². The van der Waals surface area contributed by atoms with Crippen molar-refractivity contribution in [1.82, 2.24) is 19.8 Å². The number of rotatable bonds is 4. The lowest BCUT2D eigenvalue weighted by Gasteiger charge is -2.28. The number of sulfonamides is 1. The highest BCUT2D eigenvalue weighted by Crippen LogP contribution is 2.48.